The maximum atomic E-state index is 12.5. The number of rotatable bonds is 3. The van der Waals surface area contributed by atoms with E-state index in [4.69, 9.17) is 5.84 Å². The monoisotopic (exact) mass is 249 g/mol. The number of nitrogens with one attached hydrogen (secondary N) is 1. The van der Waals surface area contributed by atoms with Crippen LogP contribution in [-0.2, 0) is 17.5 Å². The van der Waals surface area contributed by atoms with Crippen LogP contribution in [0, 0.1) is 0 Å². The van der Waals surface area contributed by atoms with Crippen molar-refractivity contribution in [3.63, 3.8) is 0 Å². The van der Waals surface area contributed by atoms with Gasteiger partial charge in [-0.3, -0.25) is 15.0 Å². The van der Waals surface area contributed by atoms with Gasteiger partial charge in [-0.05, 0) is 6.07 Å². The Hall–Kier alpha value is -1.83. The highest BCUT2D eigenvalue weighted by Gasteiger charge is 2.34. The van der Waals surface area contributed by atoms with E-state index in [0.29, 0.717) is 4.57 Å². The maximum Gasteiger partial charge on any atom is 0.431 e. The summed E-state index contributed by atoms with van der Waals surface area (Å²) in [4.78, 5) is 22.1. The second kappa shape index (κ2) is 5.00. The minimum absolute atomic E-state index is 0.302. The van der Waals surface area contributed by atoms with Crippen LogP contribution in [0.25, 0.3) is 0 Å². The number of carbonyl (C=O) groups is 1. The van der Waals surface area contributed by atoms with E-state index in [1.807, 2.05) is 0 Å². The molecule has 0 spiro atoms. The van der Waals surface area contributed by atoms with Gasteiger partial charge in [0.2, 0.25) is 5.91 Å². The summed E-state index contributed by atoms with van der Waals surface area (Å²) in [6.07, 6.45) is -4.94. The first kappa shape index (κ1) is 13.2. The van der Waals surface area contributed by atoms with Crippen molar-refractivity contribution in [2.24, 2.45) is 5.84 Å². The molecule has 1 rings (SSSR count). The van der Waals surface area contributed by atoms with Crippen LogP contribution >= 0.6 is 0 Å². The third kappa shape index (κ3) is 3.31. The molecule has 1 amide bonds. The summed E-state index contributed by atoms with van der Waals surface area (Å²) < 4.78 is 38.1. The molecule has 5 nitrogen and oxygen atoms in total. The highest BCUT2D eigenvalue weighted by Crippen LogP contribution is 2.28. The molecular formula is C9H10F3N3O2. The Morgan fingerprint density at radius 1 is 1.41 bits per heavy atom. The van der Waals surface area contributed by atoms with Gasteiger partial charge in [-0.1, -0.05) is 6.07 Å². The Balaban J connectivity index is 3.05. The van der Waals surface area contributed by atoms with Crippen LogP contribution in [0.4, 0.5) is 13.2 Å². The lowest BCUT2D eigenvalue weighted by Crippen LogP contribution is -2.33. The van der Waals surface area contributed by atoms with Gasteiger partial charge >= 0.3 is 6.18 Å². The number of alkyl halides is 3. The number of nitrogens with zero attached hydrogens (tertiary/aromatic N) is 1. The first-order valence-corrected chi connectivity index (χ1v) is 4.62. The third-order valence-corrected chi connectivity index (χ3v) is 2.06. The number of hydrogen-bond donors (Lipinski definition) is 2. The molecule has 1 aromatic heterocycles. The largest absolute Gasteiger partial charge is 0.431 e. The lowest BCUT2D eigenvalue weighted by Gasteiger charge is -2.14. The number of hydrazine groups is 1. The van der Waals surface area contributed by atoms with Crippen LogP contribution in [0.5, 0.6) is 0 Å². The average molecular weight is 249 g/mol. The Labute approximate surface area is 94.0 Å². The smallest absolute Gasteiger partial charge is 0.304 e. The first-order chi connectivity index (χ1) is 7.86. The zero-order chi connectivity index (χ0) is 13.1. The van der Waals surface area contributed by atoms with Gasteiger partial charge in [0.25, 0.3) is 5.56 Å². The third-order valence-electron chi connectivity index (χ3n) is 2.06. The van der Waals surface area contributed by atoms with Gasteiger partial charge in [0.15, 0.2) is 0 Å². The van der Waals surface area contributed by atoms with Crippen LogP contribution < -0.4 is 16.8 Å². The SMILES string of the molecule is NNC(=O)CCn1c(C(F)(F)F)cccc1=O. The minimum Gasteiger partial charge on any atom is -0.304 e. The van der Waals surface area contributed by atoms with Crippen molar-refractivity contribution < 1.29 is 18.0 Å². The first-order valence-electron chi connectivity index (χ1n) is 4.62. The Kier molecular flexibility index (Phi) is 3.89. The standard InChI is InChI=1S/C9H10F3N3O2/c10-9(11,12)6-2-1-3-8(17)15(6)5-4-7(16)14-13/h1-3H,4-5,13H2,(H,14,16). The predicted octanol–water partition coefficient (Wildman–Crippen LogP) is 0.247. The number of hydrogen-bond acceptors (Lipinski definition) is 3. The normalized spacial score (nSPS) is 11.3. The molecule has 8 heteroatoms. The quantitative estimate of drug-likeness (QED) is 0.458. The molecule has 0 aliphatic heterocycles. The molecule has 0 fully saturated rings. The van der Waals surface area contributed by atoms with E-state index in [1.54, 1.807) is 5.43 Å². The van der Waals surface area contributed by atoms with Crippen LogP contribution in [0.15, 0.2) is 23.0 Å². The summed E-state index contributed by atoms with van der Waals surface area (Å²) in [7, 11) is 0. The summed E-state index contributed by atoms with van der Waals surface area (Å²) in [6.45, 7) is -0.377. The van der Waals surface area contributed by atoms with Crippen molar-refractivity contribution in [3.8, 4) is 0 Å². The molecule has 17 heavy (non-hydrogen) atoms. The van der Waals surface area contributed by atoms with Crippen molar-refractivity contribution in [1.29, 1.82) is 0 Å². The van der Waals surface area contributed by atoms with E-state index in [-0.39, 0.29) is 13.0 Å². The Morgan fingerprint density at radius 2 is 2.06 bits per heavy atom. The fraction of sp³-hybridized carbons (Fsp3) is 0.333. The minimum atomic E-state index is -4.64. The molecule has 0 aliphatic carbocycles. The van der Waals surface area contributed by atoms with Gasteiger partial charge in [0.05, 0.1) is 0 Å². The van der Waals surface area contributed by atoms with Gasteiger partial charge in [0.1, 0.15) is 5.69 Å². The predicted molar refractivity (Wildman–Crippen MR) is 52.7 cm³/mol. The number of amides is 1. The van der Waals surface area contributed by atoms with Crippen LogP contribution in [0.3, 0.4) is 0 Å². The molecule has 0 saturated heterocycles. The molecule has 0 radical (unpaired) electrons. The molecule has 94 valence electrons. The Bertz CT molecular complexity index is 467. The number of carbonyl (C=O) groups excluding carboxylic acids is 1. The molecular weight excluding hydrogens is 239 g/mol. The van der Waals surface area contributed by atoms with Crippen LogP contribution in [-0.4, -0.2) is 10.5 Å². The lowest BCUT2D eigenvalue weighted by atomic mass is 10.3. The fourth-order valence-corrected chi connectivity index (χ4v) is 1.28. The lowest BCUT2D eigenvalue weighted by molar-refractivity contribution is -0.144. The number of halogens is 3. The molecule has 0 atom stereocenters. The molecule has 1 aromatic rings. The van der Waals surface area contributed by atoms with Crippen molar-refractivity contribution in [3.05, 3.63) is 34.2 Å². The second-order valence-electron chi connectivity index (χ2n) is 3.22. The highest BCUT2D eigenvalue weighted by molar-refractivity contribution is 5.75. The molecule has 0 aliphatic rings. The van der Waals surface area contributed by atoms with Gasteiger partial charge in [-0.25, -0.2) is 5.84 Å². The van der Waals surface area contributed by atoms with Crippen LogP contribution in [0.1, 0.15) is 12.1 Å². The summed E-state index contributed by atoms with van der Waals surface area (Å²) in [5.41, 5.74) is -0.126. The van der Waals surface area contributed by atoms with E-state index in [0.717, 1.165) is 18.2 Å². The molecule has 0 aromatic carbocycles. The summed E-state index contributed by atoms with van der Waals surface area (Å²) >= 11 is 0. The van der Waals surface area contributed by atoms with E-state index >= 15 is 0 Å². The molecule has 0 unspecified atom stereocenters. The van der Waals surface area contributed by atoms with Gasteiger partial charge in [0, 0.05) is 19.0 Å². The van der Waals surface area contributed by atoms with Gasteiger partial charge < -0.3 is 4.57 Å². The van der Waals surface area contributed by atoms with Crippen molar-refractivity contribution in [1.82, 2.24) is 9.99 Å². The number of pyridine rings is 1. The van der Waals surface area contributed by atoms with Crippen molar-refractivity contribution >= 4 is 5.91 Å². The zero-order valence-electron chi connectivity index (χ0n) is 8.62. The number of nitrogens with two attached hydrogens (primary N) is 1. The second-order valence-corrected chi connectivity index (χ2v) is 3.22. The van der Waals surface area contributed by atoms with E-state index in [9.17, 15) is 22.8 Å². The van der Waals surface area contributed by atoms with Gasteiger partial charge in [-0.2, -0.15) is 13.2 Å². The summed E-state index contributed by atoms with van der Waals surface area (Å²) in [5, 5.41) is 0. The molecule has 1 heterocycles. The fourth-order valence-electron chi connectivity index (χ4n) is 1.28. The van der Waals surface area contributed by atoms with Gasteiger partial charge in [-0.15, -0.1) is 0 Å². The summed E-state index contributed by atoms with van der Waals surface area (Å²) in [6, 6.07) is 2.79. The van der Waals surface area contributed by atoms with Crippen LogP contribution in [0.2, 0.25) is 0 Å². The van der Waals surface area contributed by atoms with E-state index in [2.05, 4.69) is 0 Å². The zero-order valence-corrected chi connectivity index (χ0v) is 8.62. The van der Waals surface area contributed by atoms with Crippen molar-refractivity contribution in [2.75, 3.05) is 0 Å². The summed E-state index contributed by atoms with van der Waals surface area (Å²) in [5.74, 6) is 4.14. The Morgan fingerprint density at radius 3 is 2.59 bits per heavy atom. The maximum absolute atomic E-state index is 12.5. The van der Waals surface area contributed by atoms with E-state index < -0.39 is 23.3 Å². The van der Waals surface area contributed by atoms with Crippen molar-refractivity contribution in [2.45, 2.75) is 19.1 Å². The molecule has 0 saturated carbocycles. The topological polar surface area (TPSA) is 77.1 Å². The number of aromatic nitrogens is 1. The average Bonchev–Trinajstić information content (AvgIpc) is 2.25. The molecule has 3 N–H and O–H groups in total. The van der Waals surface area contributed by atoms with E-state index in [1.165, 1.54) is 0 Å². The molecule has 0 bridgehead atoms. The highest BCUT2D eigenvalue weighted by atomic mass is 19.4.